The molecule has 0 spiro atoms. The molecule has 9 heteroatoms. The minimum absolute atomic E-state index is 0.0310. The first kappa shape index (κ1) is 18.2. The van der Waals surface area contributed by atoms with Crippen molar-refractivity contribution in [3.63, 3.8) is 0 Å². The zero-order valence-corrected chi connectivity index (χ0v) is 13.9. The number of aryl methyl sites for hydroxylation is 1. The molecule has 0 amide bonds. The number of nitro groups is 1. The third-order valence-electron chi connectivity index (χ3n) is 3.69. The van der Waals surface area contributed by atoms with Gasteiger partial charge in [0.05, 0.1) is 4.92 Å². The SMILES string of the molecule is Cc1cc(C2=NC(=Cc3ccccc3OC(F)F)C(=O)O2)ccc1[N+](=O)[O-]. The van der Waals surface area contributed by atoms with Gasteiger partial charge in [0.1, 0.15) is 5.75 Å². The molecule has 0 N–H and O–H groups in total. The molecule has 1 heterocycles. The summed E-state index contributed by atoms with van der Waals surface area (Å²) in [5.41, 5.74) is 0.815. The molecule has 0 bridgehead atoms. The molecule has 1 aliphatic heterocycles. The lowest BCUT2D eigenvalue weighted by molar-refractivity contribution is -0.385. The first-order valence-electron chi connectivity index (χ1n) is 7.67. The van der Waals surface area contributed by atoms with E-state index in [9.17, 15) is 23.7 Å². The van der Waals surface area contributed by atoms with Crippen molar-refractivity contribution in [1.82, 2.24) is 0 Å². The van der Waals surface area contributed by atoms with Crippen LogP contribution >= 0.6 is 0 Å². The highest BCUT2D eigenvalue weighted by atomic mass is 19.3. The third-order valence-corrected chi connectivity index (χ3v) is 3.69. The molecule has 0 atom stereocenters. The Bertz CT molecular complexity index is 985. The normalized spacial score (nSPS) is 15.0. The fourth-order valence-corrected chi connectivity index (χ4v) is 2.48. The quantitative estimate of drug-likeness (QED) is 0.343. The number of carbonyl (C=O) groups excluding carboxylic acids is 1. The number of hydrogen-bond acceptors (Lipinski definition) is 6. The lowest BCUT2D eigenvalue weighted by Crippen LogP contribution is -2.06. The van der Waals surface area contributed by atoms with Crippen LogP contribution in [-0.4, -0.2) is 23.4 Å². The van der Waals surface area contributed by atoms with Crippen LogP contribution in [0.4, 0.5) is 14.5 Å². The van der Waals surface area contributed by atoms with Gasteiger partial charge in [0.15, 0.2) is 5.70 Å². The molecule has 0 radical (unpaired) electrons. The second-order valence-corrected chi connectivity index (χ2v) is 5.51. The van der Waals surface area contributed by atoms with Crippen molar-refractivity contribution in [1.29, 1.82) is 0 Å². The van der Waals surface area contributed by atoms with Crippen molar-refractivity contribution in [2.75, 3.05) is 0 Å². The van der Waals surface area contributed by atoms with Crippen molar-refractivity contribution >= 4 is 23.6 Å². The second kappa shape index (κ2) is 7.32. The molecule has 0 fully saturated rings. The number of ether oxygens (including phenoxy) is 2. The molecule has 1 aliphatic rings. The average molecular weight is 374 g/mol. The van der Waals surface area contributed by atoms with E-state index >= 15 is 0 Å². The van der Waals surface area contributed by atoms with E-state index in [1.165, 1.54) is 42.5 Å². The summed E-state index contributed by atoms with van der Waals surface area (Å²) in [4.78, 5) is 26.5. The second-order valence-electron chi connectivity index (χ2n) is 5.51. The highest BCUT2D eigenvalue weighted by Crippen LogP contribution is 2.27. The monoisotopic (exact) mass is 374 g/mol. The molecule has 0 aliphatic carbocycles. The van der Waals surface area contributed by atoms with E-state index in [0.29, 0.717) is 11.1 Å². The highest BCUT2D eigenvalue weighted by Gasteiger charge is 2.25. The van der Waals surface area contributed by atoms with E-state index in [1.54, 1.807) is 13.0 Å². The molecule has 2 aromatic rings. The number of esters is 1. The number of nitrogens with zero attached hydrogens (tertiary/aromatic N) is 2. The van der Waals surface area contributed by atoms with E-state index in [4.69, 9.17) is 4.74 Å². The smallest absolute Gasteiger partial charge is 0.387 e. The van der Waals surface area contributed by atoms with Gasteiger partial charge in [-0.3, -0.25) is 10.1 Å². The number of cyclic esters (lactones) is 1. The van der Waals surface area contributed by atoms with Gasteiger partial charge in [-0.05, 0) is 31.2 Å². The van der Waals surface area contributed by atoms with Crippen molar-refractivity contribution < 1.29 is 28.0 Å². The highest BCUT2D eigenvalue weighted by molar-refractivity contribution is 6.13. The van der Waals surface area contributed by atoms with Crippen LogP contribution in [0.2, 0.25) is 0 Å². The number of rotatable bonds is 5. The summed E-state index contributed by atoms with van der Waals surface area (Å²) >= 11 is 0. The molecule has 0 saturated heterocycles. The van der Waals surface area contributed by atoms with Crippen LogP contribution in [0.1, 0.15) is 16.7 Å². The van der Waals surface area contributed by atoms with E-state index in [-0.39, 0.29) is 28.6 Å². The van der Waals surface area contributed by atoms with Crippen LogP contribution < -0.4 is 4.74 Å². The van der Waals surface area contributed by atoms with Gasteiger partial charge in [-0.1, -0.05) is 18.2 Å². The van der Waals surface area contributed by atoms with Crippen molar-refractivity contribution in [3.8, 4) is 5.75 Å². The Kier molecular flexibility index (Phi) is 4.93. The largest absolute Gasteiger partial charge is 0.434 e. The van der Waals surface area contributed by atoms with Crippen LogP contribution in [0.5, 0.6) is 5.75 Å². The molecule has 138 valence electrons. The first-order valence-corrected chi connectivity index (χ1v) is 7.67. The van der Waals surface area contributed by atoms with Gasteiger partial charge in [0, 0.05) is 22.8 Å². The van der Waals surface area contributed by atoms with Gasteiger partial charge in [-0.25, -0.2) is 9.79 Å². The lowest BCUT2D eigenvalue weighted by atomic mass is 10.1. The summed E-state index contributed by atoms with van der Waals surface area (Å²) in [6, 6.07) is 10.1. The van der Waals surface area contributed by atoms with E-state index < -0.39 is 17.5 Å². The Morgan fingerprint density at radius 3 is 2.67 bits per heavy atom. The molecule has 0 aromatic heterocycles. The Balaban J connectivity index is 1.94. The summed E-state index contributed by atoms with van der Waals surface area (Å²) in [5, 5.41) is 10.9. The number of alkyl halides is 2. The standard InChI is InChI=1S/C18H12F2N2O5/c1-10-8-12(6-7-14(10)22(24)25)16-21-13(17(23)27-16)9-11-4-2-3-5-15(11)26-18(19)20/h2-9,18H,1H3. The van der Waals surface area contributed by atoms with Crippen LogP contribution in [0, 0.1) is 17.0 Å². The molecule has 0 saturated carbocycles. The van der Waals surface area contributed by atoms with Crippen LogP contribution in [0.15, 0.2) is 53.2 Å². The summed E-state index contributed by atoms with van der Waals surface area (Å²) in [5.74, 6) is -0.910. The molecule has 27 heavy (non-hydrogen) atoms. The third kappa shape index (κ3) is 3.97. The van der Waals surface area contributed by atoms with Crippen molar-refractivity contribution in [2.45, 2.75) is 13.5 Å². The van der Waals surface area contributed by atoms with Crippen LogP contribution in [0.25, 0.3) is 6.08 Å². The predicted octanol–water partition coefficient (Wildman–Crippen LogP) is 3.85. The molecular formula is C18H12F2N2O5. The molecule has 2 aromatic carbocycles. The summed E-state index contributed by atoms with van der Waals surface area (Å²) in [7, 11) is 0. The summed E-state index contributed by atoms with van der Waals surface area (Å²) in [6.45, 7) is -1.46. The van der Waals surface area contributed by atoms with Gasteiger partial charge in [-0.15, -0.1) is 0 Å². The molecule has 7 nitrogen and oxygen atoms in total. The average Bonchev–Trinajstić information content (AvgIpc) is 2.96. The van der Waals surface area contributed by atoms with Crippen molar-refractivity contribution in [3.05, 3.63) is 75.0 Å². The van der Waals surface area contributed by atoms with Gasteiger partial charge in [0.2, 0.25) is 5.90 Å². The number of halogens is 2. The number of nitro benzene ring substituents is 1. The Morgan fingerprint density at radius 1 is 1.26 bits per heavy atom. The zero-order valence-electron chi connectivity index (χ0n) is 13.9. The zero-order chi connectivity index (χ0) is 19.6. The van der Waals surface area contributed by atoms with Gasteiger partial charge in [0.25, 0.3) is 5.69 Å². The number of carbonyl (C=O) groups is 1. The minimum Gasteiger partial charge on any atom is -0.434 e. The maximum atomic E-state index is 12.5. The Hall–Kier alpha value is -3.62. The van der Waals surface area contributed by atoms with Gasteiger partial charge < -0.3 is 9.47 Å². The van der Waals surface area contributed by atoms with E-state index in [1.807, 2.05) is 0 Å². The molecule has 0 unspecified atom stereocenters. The number of benzene rings is 2. The van der Waals surface area contributed by atoms with E-state index in [2.05, 4.69) is 9.73 Å². The number of hydrogen-bond donors (Lipinski definition) is 0. The minimum atomic E-state index is -3.01. The van der Waals surface area contributed by atoms with Crippen LogP contribution in [-0.2, 0) is 9.53 Å². The van der Waals surface area contributed by atoms with Crippen molar-refractivity contribution in [2.24, 2.45) is 4.99 Å². The van der Waals surface area contributed by atoms with Gasteiger partial charge in [-0.2, -0.15) is 8.78 Å². The van der Waals surface area contributed by atoms with Gasteiger partial charge >= 0.3 is 12.6 Å². The summed E-state index contributed by atoms with van der Waals surface area (Å²) in [6.07, 6.45) is 1.27. The Morgan fingerprint density at radius 2 is 2.00 bits per heavy atom. The number of aliphatic imine (C=N–C) groups is 1. The summed E-state index contributed by atoms with van der Waals surface area (Å²) < 4.78 is 34.5. The van der Waals surface area contributed by atoms with Crippen LogP contribution in [0.3, 0.4) is 0 Å². The molecule has 3 rings (SSSR count). The molecular weight excluding hydrogens is 362 g/mol. The maximum Gasteiger partial charge on any atom is 0.387 e. The fraction of sp³-hybridized carbons (Fsp3) is 0.111. The van der Waals surface area contributed by atoms with E-state index in [0.717, 1.165) is 0 Å². The fourth-order valence-electron chi connectivity index (χ4n) is 2.48. The maximum absolute atomic E-state index is 12.5. The Labute approximate surface area is 151 Å². The topological polar surface area (TPSA) is 91.0 Å². The first-order chi connectivity index (χ1) is 12.8. The lowest BCUT2D eigenvalue weighted by Gasteiger charge is -2.07. The predicted molar refractivity (Wildman–Crippen MR) is 91.5 cm³/mol. The number of para-hydroxylation sites is 1.